The second kappa shape index (κ2) is 8.77. The van der Waals surface area contributed by atoms with Crippen molar-refractivity contribution in [3.63, 3.8) is 0 Å². The highest BCUT2D eigenvalue weighted by Crippen LogP contribution is 2.30. The maximum Gasteiger partial charge on any atom is 0.258 e. The van der Waals surface area contributed by atoms with E-state index < -0.39 is 0 Å². The fraction of sp³-hybridized carbons (Fsp3) is 0.350. The van der Waals surface area contributed by atoms with Crippen LogP contribution in [-0.4, -0.2) is 12.5 Å². The van der Waals surface area contributed by atoms with Crippen molar-refractivity contribution < 1.29 is 9.53 Å². The third-order valence-corrected chi connectivity index (χ3v) is 4.52. The molecule has 0 heterocycles. The van der Waals surface area contributed by atoms with Gasteiger partial charge in [-0.25, -0.2) is 0 Å². The van der Waals surface area contributed by atoms with Crippen LogP contribution in [0.2, 0.25) is 0 Å². The summed E-state index contributed by atoms with van der Waals surface area (Å²) < 4.78 is 5.58. The van der Waals surface area contributed by atoms with Gasteiger partial charge in [0.05, 0.1) is 6.04 Å². The second-order valence-electron chi connectivity index (χ2n) is 6.26. The van der Waals surface area contributed by atoms with Crippen molar-refractivity contribution in [3.8, 4) is 5.75 Å². The molecule has 0 saturated heterocycles. The number of benzene rings is 2. The molecule has 5 heteroatoms. The van der Waals surface area contributed by atoms with Crippen molar-refractivity contribution >= 4 is 24.0 Å². The number of anilines is 1. The fourth-order valence-electron chi connectivity index (χ4n) is 3.19. The summed E-state index contributed by atoms with van der Waals surface area (Å²) in [5.41, 5.74) is 10.3. The number of halogens is 1. The molecule has 1 unspecified atom stereocenters. The molecule has 1 atom stereocenters. The topological polar surface area (TPSA) is 64.3 Å². The van der Waals surface area contributed by atoms with Gasteiger partial charge in [-0.3, -0.25) is 4.79 Å². The maximum absolute atomic E-state index is 12.2. The van der Waals surface area contributed by atoms with Crippen molar-refractivity contribution in [2.24, 2.45) is 0 Å². The molecule has 1 aliphatic carbocycles. The molecule has 2 aromatic rings. The molecule has 0 fully saturated rings. The van der Waals surface area contributed by atoms with E-state index in [1.165, 1.54) is 16.7 Å². The van der Waals surface area contributed by atoms with Gasteiger partial charge in [-0.05, 0) is 66.6 Å². The van der Waals surface area contributed by atoms with Gasteiger partial charge in [0.15, 0.2) is 6.61 Å². The van der Waals surface area contributed by atoms with Crippen LogP contribution in [-0.2, 0) is 17.6 Å². The number of aryl methyl sites for hydroxylation is 2. The van der Waals surface area contributed by atoms with Gasteiger partial charge < -0.3 is 15.8 Å². The van der Waals surface area contributed by atoms with Gasteiger partial charge in [0.1, 0.15) is 5.75 Å². The highest BCUT2D eigenvalue weighted by Gasteiger charge is 2.21. The zero-order valence-electron chi connectivity index (χ0n) is 14.5. The van der Waals surface area contributed by atoms with Gasteiger partial charge in [0.2, 0.25) is 0 Å². The molecule has 4 nitrogen and oxygen atoms in total. The van der Waals surface area contributed by atoms with E-state index in [0.717, 1.165) is 37.1 Å². The molecule has 0 radical (unpaired) electrons. The van der Waals surface area contributed by atoms with Crippen LogP contribution in [0.15, 0.2) is 42.5 Å². The molecule has 1 aliphatic rings. The van der Waals surface area contributed by atoms with Crippen molar-refractivity contribution in [1.82, 2.24) is 5.32 Å². The van der Waals surface area contributed by atoms with Crippen LogP contribution >= 0.6 is 12.4 Å². The van der Waals surface area contributed by atoms with Crippen LogP contribution in [0.3, 0.4) is 0 Å². The van der Waals surface area contributed by atoms with Gasteiger partial charge in [0.25, 0.3) is 5.91 Å². The first-order valence-electron chi connectivity index (χ1n) is 8.55. The minimum Gasteiger partial charge on any atom is -0.484 e. The van der Waals surface area contributed by atoms with Crippen LogP contribution in [0.4, 0.5) is 5.69 Å². The monoisotopic (exact) mass is 360 g/mol. The Balaban J connectivity index is 0.00000225. The van der Waals surface area contributed by atoms with Crippen molar-refractivity contribution in [2.45, 2.75) is 38.6 Å². The number of fused-ring (bicyclic) bond motifs is 1. The summed E-state index contributed by atoms with van der Waals surface area (Å²) in [6, 6.07) is 13.8. The minimum absolute atomic E-state index is 0. The summed E-state index contributed by atoms with van der Waals surface area (Å²) in [7, 11) is 0. The first-order chi connectivity index (χ1) is 11.7. The Morgan fingerprint density at radius 2 is 2.00 bits per heavy atom. The number of nitrogens with one attached hydrogen (secondary N) is 1. The summed E-state index contributed by atoms with van der Waals surface area (Å²) in [4.78, 5) is 12.2. The molecule has 25 heavy (non-hydrogen) atoms. The van der Waals surface area contributed by atoms with Crippen molar-refractivity contribution in [1.29, 1.82) is 0 Å². The zero-order valence-corrected chi connectivity index (χ0v) is 15.3. The number of amides is 1. The Labute approximate surface area is 155 Å². The molecule has 3 rings (SSSR count). The van der Waals surface area contributed by atoms with E-state index in [-0.39, 0.29) is 31.0 Å². The molecule has 0 aliphatic heterocycles. The maximum atomic E-state index is 12.2. The van der Waals surface area contributed by atoms with Crippen molar-refractivity contribution in [2.75, 3.05) is 12.3 Å². The van der Waals surface area contributed by atoms with E-state index in [0.29, 0.717) is 0 Å². The molecular formula is C20H25ClN2O2. The number of carbonyl (C=O) groups is 1. The summed E-state index contributed by atoms with van der Waals surface area (Å²) in [5, 5.41) is 3.08. The third-order valence-electron chi connectivity index (χ3n) is 4.52. The lowest BCUT2D eigenvalue weighted by Crippen LogP contribution is -2.34. The molecule has 0 spiro atoms. The Morgan fingerprint density at radius 1 is 1.24 bits per heavy atom. The lowest BCUT2D eigenvalue weighted by Gasteiger charge is -2.26. The van der Waals surface area contributed by atoms with Gasteiger partial charge in [-0.15, -0.1) is 12.4 Å². The quantitative estimate of drug-likeness (QED) is 0.796. The highest BCUT2D eigenvalue weighted by molar-refractivity contribution is 5.85. The normalized spacial score (nSPS) is 15.6. The summed E-state index contributed by atoms with van der Waals surface area (Å²) >= 11 is 0. The van der Waals surface area contributed by atoms with E-state index >= 15 is 0 Å². The highest BCUT2D eigenvalue weighted by atomic mass is 35.5. The average Bonchev–Trinajstić information content (AvgIpc) is 2.60. The summed E-state index contributed by atoms with van der Waals surface area (Å²) in [6.45, 7) is 2.14. The van der Waals surface area contributed by atoms with Gasteiger partial charge in [0, 0.05) is 5.69 Å². The summed E-state index contributed by atoms with van der Waals surface area (Å²) in [6.07, 6.45) is 4.02. The minimum atomic E-state index is -0.0933. The Morgan fingerprint density at radius 3 is 2.72 bits per heavy atom. The van der Waals surface area contributed by atoms with E-state index in [2.05, 4.69) is 12.2 Å². The zero-order chi connectivity index (χ0) is 16.9. The van der Waals surface area contributed by atoms with Gasteiger partial charge >= 0.3 is 0 Å². The lowest BCUT2D eigenvalue weighted by molar-refractivity contribution is -0.123. The predicted octanol–water partition coefficient (Wildman–Crippen LogP) is 3.83. The molecular weight excluding hydrogens is 336 g/mol. The number of nitrogen functional groups attached to an aromatic ring is 1. The van der Waals surface area contributed by atoms with Crippen LogP contribution in [0, 0.1) is 0 Å². The smallest absolute Gasteiger partial charge is 0.258 e. The number of rotatable bonds is 5. The number of hydrogen-bond acceptors (Lipinski definition) is 3. The molecule has 134 valence electrons. The Kier molecular flexibility index (Phi) is 6.71. The Bertz CT molecular complexity index is 716. The molecule has 3 N–H and O–H groups in total. The van der Waals surface area contributed by atoms with Crippen LogP contribution in [0.25, 0.3) is 0 Å². The van der Waals surface area contributed by atoms with E-state index in [9.17, 15) is 4.79 Å². The van der Waals surface area contributed by atoms with Gasteiger partial charge in [-0.2, -0.15) is 0 Å². The first kappa shape index (κ1) is 19.1. The van der Waals surface area contributed by atoms with E-state index in [4.69, 9.17) is 10.5 Å². The fourth-order valence-corrected chi connectivity index (χ4v) is 3.19. The molecule has 0 aromatic heterocycles. The number of hydrogen-bond donors (Lipinski definition) is 2. The van der Waals surface area contributed by atoms with Crippen molar-refractivity contribution in [3.05, 3.63) is 59.2 Å². The lowest BCUT2D eigenvalue weighted by atomic mass is 9.87. The number of ether oxygens (including phenoxy) is 1. The number of nitrogens with two attached hydrogens (primary N) is 1. The standard InChI is InChI=1S/C20H24N2O2.ClH/c1-2-14-6-9-17(10-7-14)24-13-20(23)22-19-5-3-4-15-12-16(21)8-11-18(15)19;/h6-12,19H,2-5,13,21H2,1H3,(H,22,23);1H. The molecule has 2 aromatic carbocycles. The first-order valence-corrected chi connectivity index (χ1v) is 8.55. The van der Waals surface area contributed by atoms with Crippen LogP contribution in [0.5, 0.6) is 5.75 Å². The average molecular weight is 361 g/mol. The predicted molar refractivity (Wildman–Crippen MR) is 103 cm³/mol. The molecule has 1 amide bonds. The number of carbonyl (C=O) groups excluding carboxylic acids is 1. The Hall–Kier alpha value is -2.20. The van der Waals surface area contributed by atoms with E-state index in [1.54, 1.807) is 0 Å². The van der Waals surface area contributed by atoms with Gasteiger partial charge in [-0.1, -0.05) is 25.1 Å². The van der Waals surface area contributed by atoms with Crippen LogP contribution in [0.1, 0.15) is 42.5 Å². The molecule has 0 saturated carbocycles. The third kappa shape index (κ3) is 4.89. The second-order valence-corrected chi connectivity index (χ2v) is 6.26. The SMILES string of the molecule is CCc1ccc(OCC(=O)NC2CCCc3cc(N)ccc32)cc1.Cl. The molecule has 0 bridgehead atoms. The van der Waals surface area contributed by atoms with E-state index in [1.807, 2.05) is 42.5 Å². The van der Waals surface area contributed by atoms with Crippen LogP contribution < -0.4 is 15.8 Å². The largest absolute Gasteiger partial charge is 0.484 e. The summed E-state index contributed by atoms with van der Waals surface area (Å²) in [5.74, 6) is 0.628.